The van der Waals surface area contributed by atoms with Gasteiger partial charge in [-0.25, -0.2) is 0 Å². The van der Waals surface area contributed by atoms with Gasteiger partial charge < -0.3 is 10.2 Å². The normalized spacial score (nSPS) is 38.2. The van der Waals surface area contributed by atoms with Crippen molar-refractivity contribution in [3.05, 3.63) is 22.3 Å². The molecule has 0 heterocycles. The van der Waals surface area contributed by atoms with Crippen molar-refractivity contribution in [3.63, 3.8) is 0 Å². The first-order valence-electron chi connectivity index (χ1n) is 7.37. The summed E-state index contributed by atoms with van der Waals surface area (Å²) in [4.78, 5) is 0. The molecule has 2 saturated carbocycles. The van der Waals surface area contributed by atoms with Crippen molar-refractivity contribution >= 4 is 0 Å². The first-order valence-corrected chi connectivity index (χ1v) is 7.37. The summed E-state index contributed by atoms with van der Waals surface area (Å²) in [6.07, 6.45) is 7.15. The topological polar surface area (TPSA) is 40.5 Å². The number of hydrogen-bond acceptors (Lipinski definition) is 2. The molecule has 0 spiro atoms. The molecule has 2 heteroatoms. The molecule has 4 aliphatic rings. The molecule has 0 amide bonds. The number of phenolic OH excluding ortho intramolecular Hbond substituents is 2. The van der Waals surface area contributed by atoms with E-state index < -0.39 is 0 Å². The molecule has 0 aromatic heterocycles. The van der Waals surface area contributed by atoms with Crippen LogP contribution in [0.5, 0.6) is 11.5 Å². The molecule has 1 aromatic carbocycles. The van der Waals surface area contributed by atoms with Gasteiger partial charge in [-0.05, 0) is 62.2 Å². The molecule has 4 atom stereocenters. The highest BCUT2D eigenvalue weighted by Gasteiger charge is 2.48. The number of benzene rings is 1. The predicted molar refractivity (Wildman–Crippen MR) is 68.4 cm³/mol. The highest BCUT2D eigenvalue weighted by atomic mass is 16.3. The summed E-state index contributed by atoms with van der Waals surface area (Å²) >= 11 is 0. The Morgan fingerprint density at radius 3 is 1.11 bits per heavy atom. The van der Waals surface area contributed by atoms with Gasteiger partial charge in [0.2, 0.25) is 0 Å². The molecular weight excluding hydrogens is 224 g/mol. The Morgan fingerprint density at radius 1 is 0.556 bits per heavy atom. The van der Waals surface area contributed by atoms with Crippen molar-refractivity contribution in [1.82, 2.24) is 0 Å². The molecule has 5 rings (SSSR count). The maximum Gasteiger partial charge on any atom is 0.123 e. The largest absolute Gasteiger partial charge is 0.507 e. The summed E-state index contributed by atoms with van der Waals surface area (Å²) in [5.41, 5.74) is 4.54. The van der Waals surface area contributed by atoms with Gasteiger partial charge in [-0.15, -0.1) is 0 Å². The van der Waals surface area contributed by atoms with E-state index in [9.17, 15) is 10.2 Å². The van der Waals surface area contributed by atoms with Gasteiger partial charge in [-0.1, -0.05) is 0 Å². The zero-order chi connectivity index (χ0) is 12.0. The summed E-state index contributed by atoms with van der Waals surface area (Å²) in [6.45, 7) is 0. The second-order valence-corrected chi connectivity index (χ2v) is 6.77. The maximum atomic E-state index is 10.7. The van der Waals surface area contributed by atoms with Gasteiger partial charge in [0.25, 0.3) is 0 Å². The fourth-order valence-corrected chi connectivity index (χ4v) is 5.47. The maximum absolute atomic E-state index is 10.7. The lowest BCUT2D eigenvalue weighted by Crippen LogP contribution is -2.07. The van der Waals surface area contributed by atoms with E-state index in [4.69, 9.17) is 0 Å². The molecule has 1 aromatic rings. The molecule has 4 aliphatic carbocycles. The number of fused-ring (bicyclic) bond motifs is 10. The summed E-state index contributed by atoms with van der Waals surface area (Å²) < 4.78 is 0. The van der Waals surface area contributed by atoms with Crippen LogP contribution in [-0.2, 0) is 0 Å². The number of hydrogen-bond donors (Lipinski definition) is 2. The molecule has 0 saturated heterocycles. The molecule has 4 bridgehead atoms. The van der Waals surface area contributed by atoms with Crippen molar-refractivity contribution in [2.24, 2.45) is 0 Å². The highest BCUT2D eigenvalue weighted by Crippen LogP contribution is 2.66. The summed E-state index contributed by atoms with van der Waals surface area (Å²) in [7, 11) is 0. The Morgan fingerprint density at radius 2 is 0.833 bits per heavy atom. The van der Waals surface area contributed by atoms with Gasteiger partial charge in [0.05, 0.1) is 0 Å². The number of phenols is 2. The van der Waals surface area contributed by atoms with Crippen LogP contribution in [0.2, 0.25) is 0 Å². The van der Waals surface area contributed by atoms with Crippen molar-refractivity contribution in [1.29, 1.82) is 0 Å². The number of rotatable bonds is 0. The lowest BCUT2D eigenvalue weighted by atomic mass is 9.81. The minimum atomic E-state index is 0.528. The SMILES string of the molecule is Oc1c2c(c(O)c3c1[C@@H]1CC[C@H]3C1)[C@H]1CC[C@@H]2C1. The van der Waals surface area contributed by atoms with Crippen LogP contribution >= 0.6 is 0 Å². The molecule has 2 N–H and O–H groups in total. The smallest absolute Gasteiger partial charge is 0.123 e. The van der Waals surface area contributed by atoms with Gasteiger partial charge in [0.15, 0.2) is 0 Å². The minimum Gasteiger partial charge on any atom is -0.507 e. The summed E-state index contributed by atoms with van der Waals surface area (Å²) in [6, 6.07) is 0. The quantitative estimate of drug-likeness (QED) is 0.679. The van der Waals surface area contributed by atoms with E-state index in [-0.39, 0.29) is 0 Å². The Bertz CT molecular complexity index is 479. The third-order valence-corrected chi connectivity index (χ3v) is 6.10. The van der Waals surface area contributed by atoms with E-state index in [1.807, 2.05) is 0 Å². The van der Waals surface area contributed by atoms with Crippen molar-refractivity contribution < 1.29 is 10.2 Å². The van der Waals surface area contributed by atoms with E-state index in [0.717, 1.165) is 35.1 Å². The third-order valence-electron chi connectivity index (χ3n) is 6.10. The molecule has 0 unspecified atom stereocenters. The van der Waals surface area contributed by atoms with Crippen molar-refractivity contribution in [2.75, 3.05) is 0 Å². The fraction of sp³-hybridized carbons (Fsp3) is 0.625. The molecule has 2 fully saturated rings. The Hall–Kier alpha value is -1.18. The van der Waals surface area contributed by atoms with E-state index >= 15 is 0 Å². The molecular formula is C16H18O2. The Balaban J connectivity index is 1.87. The minimum absolute atomic E-state index is 0.528. The standard InChI is InChI=1S/C16H18O2/c17-15-11-7-1-2-8(5-7)12(11)16(18)14-10-4-3-9(6-10)13(14)15/h7-10,17-18H,1-6H2/t7-,8+,9-,10+. The van der Waals surface area contributed by atoms with Gasteiger partial charge >= 0.3 is 0 Å². The zero-order valence-electron chi connectivity index (χ0n) is 10.4. The molecule has 94 valence electrons. The van der Waals surface area contributed by atoms with Crippen LogP contribution in [0.1, 0.15) is 84.5 Å². The second-order valence-electron chi connectivity index (χ2n) is 6.77. The summed E-state index contributed by atoms with van der Waals surface area (Å²) in [5, 5.41) is 21.4. The van der Waals surface area contributed by atoms with Gasteiger partial charge in [-0.2, -0.15) is 0 Å². The summed E-state index contributed by atoms with van der Waals surface area (Å²) in [5.74, 6) is 3.27. The Kier molecular flexibility index (Phi) is 1.55. The number of aromatic hydroxyl groups is 2. The van der Waals surface area contributed by atoms with Gasteiger partial charge in [0, 0.05) is 22.3 Å². The first-order chi connectivity index (χ1) is 8.75. The molecule has 2 nitrogen and oxygen atoms in total. The zero-order valence-corrected chi connectivity index (χ0v) is 10.4. The monoisotopic (exact) mass is 242 g/mol. The molecule has 0 aliphatic heterocycles. The molecule has 0 radical (unpaired) electrons. The van der Waals surface area contributed by atoms with Crippen LogP contribution in [-0.4, -0.2) is 10.2 Å². The predicted octanol–water partition coefficient (Wildman–Crippen LogP) is 3.83. The Labute approximate surface area is 107 Å². The van der Waals surface area contributed by atoms with E-state index in [1.54, 1.807) is 0 Å². The van der Waals surface area contributed by atoms with Crippen LogP contribution < -0.4 is 0 Å². The first kappa shape index (κ1) is 9.71. The van der Waals surface area contributed by atoms with E-state index in [2.05, 4.69) is 0 Å². The van der Waals surface area contributed by atoms with Gasteiger partial charge in [0.1, 0.15) is 11.5 Å². The lowest BCUT2D eigenvalue weighted by Gasteiger charge is -2.25. The average molecular weight is 242 g/mol. The fourth-order valence-electron chi connectivity index (χ4n) is 5.47. The highest BCUT2D eigenvalue weighted by molar-refractivity contribution is 5.67. The van der Waals surface area contributed by atoms with Crippen LogP contribution in [0.25, 0.3) is 0 Å². The average Bonchev–Trinajstić information content (AvgIpc) is 3.10. The van der Waals surface area contributed by atoms with Crippen molar-refractivity contribution in [2.45, 2.75) is 62.2 Å². The van der Waals surface area contributed by atoms with Crippen LogP contribution in [0.4, 0.5) is 0 Å². The molecule has 18 heavy (non-hydrogen) atoms. The lowest BCUT2D eigenvalue weighted by molar-refractivity contribution is 0.426. The van der Waals surface area contributed by atoms with Crippen LogP contribution in [0.3, 0.4) is 0 Å². The van der Waals surface area contributed by atoms with E-state index in [0.29, 0.717) is 35.2 Å². The second kappa shape index (κ2) is 2.87. The third kappa shape index (κ3) is 0.877. The van der Waals surface area contributed by atoms with Crippen molar-refractivity contribution in [3.8, 4) is 11.5 Å². The van der Waals surface area contributed by atoms with Crippen LogP contribution in [0.15, 0.2) is 0 Å². The van der Waals surface area contributed by atoms with Gasteiger partial charge in [-0.3, -0.25) is 0 Å². The van der Waals surface area contributed by atoms with E-state index in [1.165, 1.54) is 25.7 Å². The van der Waals surface area contributed by atoms with Crippen LogP contribution in [0, 0.1) is 0 Å².